The summed E-state index contributed by atoms with van der Waals surface area (Å²) in [6, 6.07) is 0. The second-order valence-electron chi connectivity index (χ2n) is 3.96. The van der Waals surface area contributed by atoms with Gasteiger partial charge in [-0.2, -0.15) is 0 Å². The molecular weight excluding hydrogens is 91.0 g/mol. The van der Waals surface area contributed by atoms with Crippen molar-refractivity contribution < 1.29 is 0 Å². The molecule has 2 rings (SSSR count). The summed E-state index contributed by atoms with van der Waals surface area (Å²) >= 11 is 2.46. The van der Waals surface area contributed by atoms with Crippen LogP contribution >= 0.6 is 0 Å². The Bertz CT molecular complexity index is 101. The van der Waals surface area contributed by atoms with Gasteiger partial charge >= 0.3 is 59.8 Å². The third-order valence-corrected chi connectivity index (χ3v) is 3.09. The van der Waals surface area contributed by atoms with Gasteiger partial charge in [-0.25, -0.2) is 0 Å². The summed E-state index contributed by atoms with van der Waals surface area (Å²) in [6.45, 7) is 0. The molecular formula is C7H11Li. The van der Waals surface area contributed by atoms with E-state index in [0.29, 0.717) is 0 Å². The first-order chi connectivity index (χ1) is 3.79. The van der Waals surface area contributed by atoms with E-state index in [1.54, 1.807) is 6.42 Å². The topological polar surface area (TPSA) is 0 Å². The molecule has 1 heteroatoms. The maximum absolute atomic E-state index is 2.46. The summed E-state index contributed by atoms with van der Waals surface area (Å²) in [4.78, 5) is 0. The van der Waals surface area contributed by atoms with Crippen molar-refractivity contribution in [1.82, 2.24) is 0 Å². The first kappa shape index (κ1) is 5.39. The van der Waals surface area contributed by atoms with Crippen LogP contribution in [0.1, 0.15) is 32.1 Å². The second-order valence-corrected chi connectivity index (χ2v) is 3.96. The van der Waals surface area contributed by atoms with E-state index < -0.39 is 0 Å². The molecule has 0 saturated heterocycles. The van der Waals surface area contributed by atoms with Crippen molar-refractivity contribution in [3.05, 3.63) is 0 Å². The van der Waals surface area contributed by atoms with Gasteiger partial charge in [0.15, 0.2) is 0 Å². The van der Waals surface area contributed by atoms with Crippen LogP contribution in [0.15, 0.2) is 0 Å². The van der Waals surface area contributed by atoms with E-state index in [-0.39, 0.29) is 0 Å². The Hall–Kier alpha value is 0.597. The normalized spacial score (nSPS) is 53.0. The summed E-state index contributed by atoms with van der Waals surface area (Å²) in [6.07, 6.45) is 7.68. The van der Waals surface area contributed by atoms with Crippen LogP contribution in [0.25, 0.3) is 0 Å². The fraction of sp³-hybridized carbons (Fsp3) is 1.00. The summed E-state index contributed by atoms with van der Waals surface area (Å²) < 4.78 is 0.810. The number of rotatable bonds is 0. The van der Waals surface area contributed by atoms with Crippen molar-refractivity contribution in [3.8, 4) is 0 Å². The van der Waals surface area contributed by atoms with Crippen molar-refractivity contribution in [1.29, 1.82) is 0 Å². The first-order valence-electron chi connectivity index (χ1n) is 3.79. The zero-order valence-corrected chi connectivity index (χ0v) is 5.61. The van der Waals surface area contributed by atoms with Crippen LogP contribution in [-0.4, -0.2) is 17.7 Å². The third-order valence-electron chi connectivity index (χ3n) is 3.09. The van der Waals surface area contributed by atoms with Crippen LogP contribution in [0.5, 0.6) is 0 Å². The molecule has 40 valence electrons. The monoisotopic (exact) mass is 102 g/mol. The molecule has 0 radical (unpaired) electrons. The number of hydrogen-bond acceptors (Lipinski definition) is 0. The molecule has 0 N–H and O–H groups in total. The van der Waals surface area contributed by atoms with Gasteiger partial charge in [0.25, 0.3) is 0 Å². The minimum absolute atomic E-state index is 0.810. The third kappa shape index (κ3) is 0.667. The Morgan fingerprint density at radius 1 is 1.25 bits per heavy atom. The second kappa shape index (κ2) is 1.55. The van der Waals surface area contributed by atoms with E-state index in [1.807, 2.05) is 0 Å². The van der Waals surface area contributed by atoms with E-state index in [1.165, 1.54) is 25.7 Å². The van der Waals surface area contributed by atoms with Gasteiger partial charge in [-0.1, -0.05) is 0 Å². The minimum atomic E-state index is 0.810. The zero-order valence-electron chi connectivity index (χ0n) is 5.61. The molecule has 0 spiro atoms. The standard InChI is InChI=1S/C7H11.Li/c1-2-7-4-3-6(1)5-7;/h6H,1-5H2;. The van der Waals surface area contributed by atoms with Crippen LogP contribution in [0.4, 0.5) is 0 Å². The molecule has 0 nitrogen and oxygen atoms in total. The molecule has 0 aromatic carbocycles. The maximum atomic E-state index is 2.46. The Kier molecular flexibility index (Phi) is 1.05. The molecule has 0 aliphatic heterocycles. The van der Waals surface area contributed by atoms with Crippen LogP contribution in [0.2, 0.25) is 4.09 Å². The summed E-state index contributed by atoms with van der Waals surface area (Å²) in [5.41, 5.74) is 0. The Morgan fingerprint density at radius 3 is 2.00 bits per heavy atom. The van der Waals surface area contributed by atoms with Gasteiger partial charge in [0, 0.05) is 0 Å². The van der Waals surface area contributed by atoms with Gasteiger partial charge in [-0.3, -0.25) is 0 Å². The zero-order chi connectivity index (χ0) is 5.61. The fourth-order valence-corrected chi connectivity index (χ4v) is 2.48. The molecule has 2 bridgehead atoms. The Morgan fingerprint density at radius 2 is 1.88 bits per heavy atom. The molecule has 0 heterocycles. The predicted molar refractivity (Wildman–Crippen MR) is 35.0 cm³/mol. The molecule has 0 aromatic rings. The molecule has 0 unspecified atom stereocenters. The molecule has 8 heavy (non-hydrogen) atoms. The molecule has 0 aromatic heterocycles. The Labute approximate surface area is 60.2 Å². The van der Waals surface area contributed by atoms with Gasteiger partial charge in [0.1, 0.15) is 0 Å². The van der Waals surface area contributed by atoms with Crippen LogP contribution in [0.3, 0.4) is 0 Å². The van der Waals surface area contributed by atoms with E-state index in [0.717, 1.165) is 10.0 Å². The number of hydrogen-bond donors (Lipinski definition) is 0. The fourth-order valence-electron chi connectivity index (χ4n) is 2.48. The van der Waals surface area contributed by atoms with Gasteiger partial charge in [-0.15, -0.1) is 0 Å². The molecule has 2 saturated carbocycles. The average molecular weight is 102 g/mol. The van der Waals surface area contributed by atoms with Crippen molar-refractivity contribution in [2.45, 2.75) is 36.2 Å². The molecule has 0 atom stereocenters. The van der Waals surface area contributed by atoms with Gasteiger partial charge in [-0.05, 0) is 0 Å². The summed E-state index contributed by atoms with van der Waals surface area (Å²) in [7, 11) is 0. The van der Waals surface area contributed by atoms with E-state index >= 15 is 0 Å². The quantitative estimate of drug-likeness (QED) is 0.410. The van der Waals surface area contributed by atoms with E-state index in [2.05, 4.69) is 17.7 Å². The van der Waals surface area contributed by atoms with Crippen LogP contribution in [-0.2, 0) is 0 Å². The van der Waals surface area contributed by atoms with Gasteiger partial charge in [0.2, 0.25) is 0 Å². The molecule has 0 amide bonds. The van der Waals surface area contributed by atoms with Gasteiger partial charge < -0.3 is 0 Å². The van der Waals surface area contributed by atoms with E-state index in [4.69, 9.17) is 0 Å². The first-order valence-corrected chi connectivity index (χ1v) is 3.79. The molecule has 2 fully saturated rings. The average Bonchev–Trinajstić information content (AvgIpc) is 2.21. The summed E-state index contributed by atoms with van der Waals surface area (Å²) in [5, 5.41) is 0. The van der Waals surface area contributed by atoms with Crippen molar-refractivity contribution in [3.63, 3.8) is 0 Å². The molecule has 2 aliphatic carbocycles. The van der Waals surface area contributed by atoms with Gasteiger partial charge in [0.05, 0.1) is 0 Å². The van der Waals surface area contributed by atoms with Crippen molar-refractivity contribution in [2.75, 3.05) is 0 Å². The van der Waals surface area contributed by atoms with E-state index in [9.17, 15) is 0 Å². The van der Waals surface area contributed by atoms with Crippen LogP contribution in [0, 0.1) is 5.92 Å². The predicted octanol–water partition coefficient (Wildman–Crippen LogP) is 1.91. The number of fused-ring (bicyclic) bond motifs is 2. The van der Waals surface area contributed by atoms with Crippen molar-refractivity contribution in [2.24, 2.45) is 5.92 Å². The summed E-state index contributed by atoms with van der Waals surface area (Å²) in [5.74, 6) is 1.14. The van der Waals surface area contributed by atoms with Crippen LogP contribution < -0.4 is 0 Å². The van der Waals surface area contributed by atoms with Crippen molar-refractivity contribution >= 4 is 17.7 Å². The Balaban J connectivity index is 2.19. The SMILES string of the molecule is [Li][C]12CCC(CC1)C2. The molecule has 2 aliphatic rings.